The lowest BCUT2D eigenvalue weighted by Crippen LogP contribution is -2.49. The molecule has 0 saturated heterocycles. The number of carbonyl (C=O) groups is 1. The molecule has 11 heteroatoms. The Morgan fingerprint density at radius 1 is 1.21 bits per heavy atom. The number of nitrogens with one attached hydrogen (secondary N) is 1. The first-order valence-corrected chi connectivity index (χ1v) is 11.0. The molecule has 0 radical (unpaired) electrons. The van der Waals surface area contributed by atoms with Gasteiger partial charge in [0.05, 0.1) is 29.7 Å². The Bertz CT molecular complexity index is 1210. The Morgan fingerprint density at radius 3 is 2.68 bits per heavy atom. The van der Waals surface area contributed by atoms with Gasteiger partial charge in [0.25, 0.3) is 0 Å². The van der Waals surface area contributed by atoms with E-state index in [2.05, 4.69) is 20.4 Å². The molecule has 4 heterocycles. The summed E-state index contributed by atoms with van der Waals surface area (Å²) in [6.45, 7) is 5.97. The summed E-state index contributed by atoms with van der Waals surface area (Å²) in [7, 11) is 1.87. The monoisotopic (exact) mass is 473 g/mol. The van der Waals surface area contributed by atoms with Crippen LogP contribution in [-0.2, 0) is 30.4 Å². The maximum absolute atomic E-state index is 12.9. The highest BCUT2D eigenvalue weighted by Gasteiger charge is 2.35. The third-order valence-corrected chi connectivity index (χ3v) is 5.81. The Labute approximate surface area is 195 Å². The summed E-state index contributed by atoms with van der Waals surface area (Å²) in [6.07, 6.45) is 1.37. The van der Waals surface area contributed by atoms with E-state index in [1.165, 1.54) is 0 Å². The molecule has 0 aliphatic carbocycles. The molecule has 0 bridgehead atoms. The van der Waals surface area contributed by atoms with Gasteiger partial charge in [-0.3, -0.25) is 14.5 Å². The summed E-state index contributed by atoms with van der Waals surface area (Å²) in [6, 6.07) is 1.67. The number of rotatable bonds is 6. The molecular formula is C23H26F3N7O. The first-order chi connectivity index (χ1) is 16.0. The van der Waals surface area contributed by atoms with Gasteiger partial charge < -0.3 is 10.2 Å². The number of aromatic nitrogens is 5. The van der Waals surface area contributed by atoms with Crippen LogP contribution in [0.25, 0.3) is 0 Å². The van der Waals surface area contributed by atoms with Crippen LogP contribution in [0.2, 0.25) is 0 Å². The predicted molar refractivity (Wildman–Crippen MR) is 120 cm³/mol. The van der Waals surface area contributed by atoms with Crippen LogP contribution in [0.1, 0.15) is 42.2 Å². The molecule has 1 aliphatic heterocycles. The number of anilines is 2. The van der Waals surface area contributed by atoms with Gasteiger partial charge in [-0.2, -0.15) is 18.3 Å². The molecule has 0 fully saturated rings. The summed E-state index contributed by atoms with van der Waals surface area (Å²) in [5.74, 6) is 1.40. The fraction of sp³-hybridized carbons (Fsp3) is 0.435. The van der Waals surface area contributed by atoms with Crippen molar-refractivity contribution in [2.75, 3.05) is 17.3 Å². The fourth-order valence-corrected chi connectivity index (χ4v) is 4.17. The third-order valence-electron chi connectivity index (χ3n) is 5.81. The zero-order valence-electron chi connectivity index (χ0n) is 19.4. The maximum atomic E-state index is 12.9. The van der Waals surface area contributed by atoms with Crippen molar-refractivity contribution in [2.45, 2.75) is 52.4 Å². The summed E-state index contributed by atoms with van der Waals surface area (Å²) in [5.41, 5.74) is 1.80. The number of carbonyl (C=O) groups excluding carboxylic acids is 1. The molecule has 3 aromatic heterocycles. The number of hydrogen-bond donors (Lipinski definition) is 1. The molecule has 0 unspecified atom stereocenters. The van der Waals surface area contributed by atoms with E-state index in [1.807, 2.05) is 32.7 Å². The number of likely N-dealkylation sites (N-methyl/N-ethyl adjacent to an activating group) is 1. The number of amides is 1. The predicted octanol–water partition coefficient (Wildman–Crippen LogP) is 3.64. The first-order valence-electron chi connectivity index (χ1n) is 11.0. The number of alkyl halides is 3. The van der Waals surface area contributed by atoms with Crippen LogP contribution >= 0.6 is 0 Å². The third kappa shape index (κ3) is 4.87. The number of nitrogens with zero attached hydrogens (tertiary/aromatic N) is 6. The average molecular weight is 474 g/mol. The normalized spacial score (nSPS) is 16.1. The van der Waals surface area contributed by atoms with Gasteiger partial charge in [-0.15, -0.1) is 0 Å². The molecule has 1 aliphatic rings. The van der Waals surface area contributed by atoms with Gasteiger partial charge in [0.15, 0.2) is 5.82 Å². The Kier molecular flexibility index (Phi) is 6.28. The molecule has 34 heavy (non-hydrogen) atoms. The summed E-state index contributed by atoms with van der Waals surface area (Å²) >= 11 is 0. The van der Waals surface area contributed by atoms with Crippen molar-refractivity contribution in [1.29, 1.82) is 0 Å². The van der Waals surface area contributed by atoms with Crippen LogP contribution in [0.15, 0.2) is 30.7 Å². The second-order valence-corrected chi connectivity index (χ2v) is 8.79. The average Bonchev–Trinajstić information content (AvgIpc) is 3.20. The van der Waals surface area contributed by atoms with Crippen molar-refractivity contribution in [3.05, 3.63) is 59.1 Å². The van der Waals surface area contributed by atoms with Crippen LogP contribution in [0.4, 0.5) is 24.7 Å². The molecule has 0 aromatic carbocycles. The highest BCUT2D eigenvalue weighted by Crippen LogP contribution is 2.33. The van der Waals surface area contributed by atoms with E-state index in [1.54, 1.807) is 17.1 Å². The Hall–Kier alpha value is -3.50. The Morgan fingerprint density at radius 2 is 1.97 bits per heavy atom. The molecule has 4 rings (SSSR count). The topological polar surface area (TPSA) is 88.8 Å². The van der Waals surface area contributed by atoms with E-state index in [9.17, 15) is 18.0 Å². The molecule has 180 valence electrons. The van der Waals surface area contributed by atoms with E-state index in [-0.39, 0.29) is 30.1 Å². The lowest BCUT2D eigenvalue weighted by molar-refractivity contribution is -0.137. The molecule has 1 N–H and O–H groups in total. The number of hydrogen-bond acceptors (Lipinski definition) is 6. The van der Waals surface area contributed by atoms with E-state index in [4.69, 9.17) is 4.98 Å². The molecule has 0 spiro atoms. The molecular weight excluding hydrogens is 447 g/mol. The van der Waals surface area contributed by atoms with Gasteiger partial charge in [0.1, 0.15) is 17.6 Å². The minimum Gasteiger partial charge on any atom is -0.346 e. The highest BCUT2D eigenvalue weighted by molar-refractivity contribution is 6.03. The van der Waals surface area contributed by atoms with Gasteiger partial charge in [0.2, 0.25) is 5.91 Å². The van der Waals surface area contributed by atoms with Gasteiger partial charge in [-0.1, -0.05) is 13.8 Å². The number of pyridine rings is 1. The van der Waals surface area contributed by atoms with E-state index in [0.717, 1.165) is 23.9 Å². The van der Waals surface area contributed by atoms with E-state index < -0.39 is 11.7 Å². The van der Waals surface area contributed by atoms with Gasteiger partial charge in [0, 0.05) is 25.9 Å². The molecule has 3 aromatic rings. The smallest absolute Gasteiger partial charge is 0.346 e. The van der Waals surface area contributed by atoms with Crippen molar-refractivity contribution in [2.24, 2.45) is 5.92 Å². The van der Waals surface area contributed by atoms with Crippen LogP contribution < -0.4 is 10.2 Å². The Balaban J connectivity index is 1.45. The standard InChI is InChI=1S/C23H26F3N7O/c1-13(2)20-22(34)31-19-14(3)29-18(30-21(19)32(20)4)6-5-15-10-28-33(11-15)12-17-9-16(7-8-27-17)23(24,25)26/h7-11,13,20H,5-6,12H2,1-4H3,(H,31,34)/t20-/m0/s1. The highest BCUT2D eigenvalue weighted by atomic mass is 19.4. The number of fused-ring (bicyclic) bond motifs is 1. The molecule has 8 nitrogen and oxygen atoms in total. The fourth-order valence-electron chi connectivity index (χ4n) is 4.17. The van der Waals surface area contributed by atoms with Crippen molar-refractivity contribution < 1.29 is 18.0 Å². The van der Waals surface area contributed by atoms with Crippen LogP contribution in [-0.4, -0.2) is 43.7 Å². The van der Waals surface area contributed by atoms with Gasteiger partial charge in [-0.05, 0) is 37.0 Å². The van der Waals surface area contributed by atoms with Crippen molar-refractivity contribution in [1.82, 2.24) is 24.7 Å². The zero-order chi connectivity index (χ0) is 24.6. The lowest BCUT2D eigenvalue weighted by Gasteiger charge is -2.36. The zero-order valence-corrected chi connectivity index (χ0v) is 19.4. The van der Waals surface area contributed by atoms with Crippen LogP contribution in [0.3, 0.4) is 0 Å². The molecule has 1 atom stereocenters. The largest absolute Gasteiger partial charge is 0.416 e. The second kappa shape index (κ2) is 9.03. The van der Waals surface area contributed by atoms with Crippen LogP contribution in [0.5, 0.6) is 0 Å². The van der Waals surface area contributed by atoms with Crippen molar-refractivity contribution in [3.8, 4) is 0 Å². The summed E-state index contributed by atoms with van der Waals surface area (Å²) in [5, 5.41) is 7.19. The van der Waals surface area contributed by atoms with Gasteiger partial charge in [-0.25, -0.2) is 9.97 Å². The quantitative estimate of drug-likeness (QED) is 0.588. The van der Waals surface area contributed by atoms with E-state index in [0.29, 0.717) is 35.9 Å². The molecule has 1 amide bonds. The van der Waals surface area contributed by atoms with Crippen molar-refractivity contribution in [3.63, 3.8) is 0 Å². The van der Waals surface area contributed by atoms with Crippen molar-refractivity contribution >= 4 is 17.4 Å². The summed E-state index contributed by atoms with van der Waals surface area (Å²) < 4.78 is 40.3. The molecule has 0 saturated carbocycles. The van der Waals surface area contributed by atoms with Crippen LogP contribution in [0, 0.1) is 12.8 Å². The maximum Gasteiger partial charge on any atom is 0.416 e. The minimum atomic E-state index is -4.41. The number of aryl methyl sites for hydroxylation is 3. The minimum absolute atomic E-state index is 0.0628. The second-order valence-electron chi connectivity index (χ2n) is 8.79. The van der Waals surface area contributed by atoms with Gasteiger partial charge >= 0.3 is 6.18 Å². The van der Waals surface area contributed by atoms with E-state index >= 15 is 0 Å². The number of halogens is 3. The SMILES string of the molecule is Cc1nc(CCc2cnn(Cc3cc(C(F)(F)F)ccn3)c2)nc2c1NC(=O)[C@H](C(C)C)N2C. The summed E-state index contributed by atoms with van der Waals surface area (Å²) in [4.78, 5) is 27.6. The first kappa shape index (κ1) is 23.7. The lowest BCUT2D eigenvalue weighted by atomic mass is 9.99.